The third kappa shape index (κ3) is 4.66. The largest absolute Gasteiger partial charge is 0.391 e. The number of aromatic nitrogens is 1. The lowest BCUT2D eigenvalue weighted by atomic mass is 10.0. The Kier molecular flexibility index (Phi) is 6.26. The zero-order chi connectivity index (χ0) is 22.9. The summed E-state index contributed by atoms with van der Waals surface area (Å²) in [5.41, 5.74) is 3.40. The number of rotatable bonds is 6. The Morgan fingerprint density at radius 1 is 1.29 bits per heavy atom. The first kappa shape index (κ1) is 22.2. The van der Waals surface area contributed by atoms with Crippen LogP contribution in [0, 0.1) is 19.7 Å². The van der Waals surface area contributed by atoms with Gasteiger partial charge in [-0.1, -0.05) is 0 Å². The minimum atomic E-state index is -1.01. The topological polar surface area (TPSA) is 115 Å². The average molecular weight is 428 g/mol. The molecule has 0 fully saturated rings. The highest BCUT2D eigenvalue weighted by atomic mass is 19.1. The van der Waals surface area contributed by atoms with E-state index in [2.05, 4.69) is 15.6 Å². The van der Waals surface area contributed by atoms with E-state index in [1.54, 1.807) is 34.0 Å². The number of aliphatic hydroxyl groups is 1. The van der Waals surface area contributed by atoms with E-state index in [4.69, 9.17) is 0 Å². The molecule has 1 atom stereocenters. The fraction of sp³-hybridized carbons (Fsp3) is 0.318. The second-order valence-electron chi connectivity index (χ2n) is 7.72. The fourth-order valence-corrected chi connectivity index (χ4v) is 3.46. The summed E-state index contributed by atoms with van der Waals surface area (Å²) in [7, 11) is 3.18. The fourth-order valence-electron chi connectivity index (χ4n) is 3.46. The van der Waals surface area contributed by atoms with E-state index in [-0.39, 0.29) is 24.8 Å². The molecule has 0 bridgehead atoms. The Morgan fingerprint density at radius 3 is 2.68 bits per heavy atom. The summed E-state index contributed by atoms with van der Waals surface area (Å²) in [6.07, 6.45) is 0.485. The number of halogens is 1. The lowest BCUT2D eigenvalue weighted by Crippen LogP contribution is -2.36. The number of anilines is 1. The maximum atomic E-state index is 13.7. The van der Waals surface area contributed by atoms with Crippen molar-refractivity contribution in [2.45, 2.75) is 26.4 Å². The van der Waals surface area contributed by atoms with Gasteiger partial charge in [-0.3, -0.25) is 14.4 Å². The summed E-state index contributed by atoms with van der Waals surface area (Å²) >= 11 is 0. The van der Waals surface area contributed by atoms with Crippen LogP contribution in [0.1, 0.15) is 39.3 Å². The predicted octanol–water partition coefficient (Wildman–Crippen LogP) is 1.83. The molecule has 8 nitrogen and oxygen atoms in total. The van der Waals surface area contributed by atoms with Crippen LogP contribution < -0.4 is 10.6 Å². The first-order chi connectivity index (χ1) is 14.6. The highest BCUT2D eigenvalue weighted by Gasteiger charge is 2.26. The number of aryl methyl sites for hydroxylation is 1. The minimum Gasteiger partial charge on any atom is -0.391 e. The van der Waals surface area contributed by atoms with Gasteiger partial charge in [0, 0.05) is 43.3 Å². The molecule has 4 N–H and O–H groups in total. The molecule has 2 aromatic rings. The van der Waals surface area contributed by atoms with Gasteiger partial charge in [-0.2, -0.15) is 0 Å². The van der Waals surface area contributed by atoms with Gasteiger partial charge >= 0.3 is 0 Å². The van der Waals surface area contributed by atoms with Crippen LogP contribution in [0.15, 0.2) is 18.2 Å². The first-order valence-corrected chi connectivity index (χ1v) is 9.77. The second kappa shape index (κ2) is 8.73. The van der Waals surface area contributed by atoms with Gasteiger partial charge in [0.05, 0.1) is 23.7 Å². The normalized spacial score (nSPS) is 14.9. The van der Waals surface area contributed by atoms with Crippen molar-refractivity contribution in [3.05, 3.63) is 52.1 Å². The number of amides is 3. The molecule has 1 aromatic carbocycles. The van der Waals surface area contributed by atoms with Crippen LogP contribution in [-0.4, -0.2) is 59.5 Å². The van der Waals surface area contributed by atoms with Crippen molar-refractivity contribution in [2.75, 3.05) is 26.0 Å². The lowest BCUT2D eigenvalue weighted by molar-refractivity contribution is -0.130. The Hall–Kier alpha value is -3.46. The quantitative estimate of drug-likeness (QED) is 0.526. The third-order valence-electron chi connectivity index (χ3n) is 5.16. The van der Waals surface area contributed by atoms with Crippen molar-refractivity contribution in [3.8, 4) is 0 Å². The molecule has 9 heteroatoms. The summed E-state index contributed by atoms with van der Waals surface area (Å²) in [6, 6.07) is 4.06. The number of H-pyrrole nitrogens is 1. The number of nitrogens with zero attached hydrogens (tertiary/aromatic N) is 1. The van der Waals surface area contributed by atoms with Crippen molar-refractivity contribution in [2.24, 2.45) is 0 Å². The molecular formula is C22H25FN4O4. The van der Waals surface area contributed by atoms with Gasteiger partial charge in [-0.15, -0.1) is 0 Å². The van der Waals surface area contributed by atoms with Crippen molar-refractivity contribution in [1.29, 1.82) is 0 Å². The summed E-state index contributed by atoms with van der Waals surface area (Å²) in [6.45, 7) is 3.38. The number of aliphatic hydroxyl groups excluding tert-OH is 1. The molecule has 164 valence electrons. The average Bonchev–Trinajstić information content (AvgIpc) is 3.15. The molecule has 3 rings (SSSR count). The molecular weight excluding hydrogens is 403 g/mol. The predicted molar refractivity (Wildman–Crippen MR) is 115 cm³/mol. The first-order valence-electron chi connectivity index (χ1n) is 9.77. The molecule has 31 heavy (non-hydrogen) atoms. The maximum Gasteiger partial charge on any atom is 0.256 e. The van der Waals surface area contributed by atoms with Crippen molar-refractivity contribution in [3.63, 3.8) is 0 Å². The molecule has 1 aliphatic rings. The second-order valence-corrected chi connectivity index (χ2v) is 7.72. The molecule has 0 spiro atoms. The van der Waals surface area contributed by atoms with E-state index in [1.165, 1.54) is 23.1 Å². The summed E-state index contributed by atoms with van der Waals surface area (Å²) < 4.78 is 13.7. The van der Waals surface area contributed by atoms with Crippen LogP contribution in [0.3, 0.4) is 0 Å². The smallest absolute Gasteiger partial charge is 0.256 e. The molecule has 0 radical (unpaired) electrons. The van der Waals surface area contributed by atoms with Crippen LogP contribution in [0.5, 0.6) is 0 Å². The molecule has 0 saturated heterocycles. The van der Waals surface area contributed by atoms with Gasteiger partial charge in [0.25, 0.3) is 11.8 Å². The van der Waals surface area contributed by atoms with E-state index in [1.807, 2.05) is 0 Å². The minimum absolute atomic E-state index is 0.0754. The Labute approximate surface area is 179 Å². The number of nitrogens with one attached hydrogen (secondary N) is 3. The number of hydrogen-bond acceptors (Lipinski definition) is 4. The van der Waals surface area contributed by atoms with Crippen molar-refractivity contribution < 1.29 is 23.9 Å². The maximum absolute atomic E-state index is 13.7. The monoisotopic (exact) mass is 428 g/mol. The summed E-state index contributed by atoms with van der Waals surface area (Å²) in [5.74, 6) is -1.45. The molecule has 0 aliphatic carbocycles. The lowest BCUT2D eigenvalue weighted by Gasteiger charge is -2.15. The highest BCUT2D eigenvalue weighted by molar-refractivity contribution is 6.34. The molecule has 0 saturated carbocycles. The molecule has 1 aliphatic heterocycles. The Morgan fingerprint density at radius 2 is 2.00 bits per heavy atom. The molecule has 1 aromatic heterocycles. The van der Waals surface area contributed by atoms with Crippen LogP contribution in [-0.2, 0) is 9.59 Å². The van der Waals surface area contributed by atoms with Gasteiger partial charge in [-0.25, -0.2) is 4.39 Å². The molecule has 3 amide bonds. The van der Waals surface area contributed by atoms with Crippen LogP contribution in [0.25, 0.3) is 11.6 Å². The zero-order valence-electron chi connectivity index (χ0n) is 17.8. The van der Waals surface area contributed by atoms with E-state index >= 15 is 0 Å². The third-order valence-corrected chi connectivity index (χ3v) is 5.16. The van der Waals surface area contributed by atoms with Gasteiger partial charge < -0.3 is 25.6 Å². The van der Waals surface area contributed by atoms with E-state index in [0.717, 1.165) is 0 Å². The zero-order valence-corrected chi connectivity index (χ0v) is 17.8. The standard InChI is InChI=1S/C22H25FN4O4/c1-11-18(9-16-15-7-13(23)5-6-17(15)26-21(16)30)25-12(2)20(11)22(31)24-10-14(28)8-19(29)27(3)4/h5-7,9,14,25,28H,8,10H2,1-4H3,(H,24,31)(H,26,30)/b16-9-. The number of hydrogen-bond donors (Lipinski definition) is 4. The van der Waals surface area contributed by atoms with Crippen LogP contribution in [0.4, 0.5) is 10.1 Å². The number of carbonyl (C=O) groups excluding carboxylic acids is 3. The van der Waals surface area contributed by atoms with Gasteiger partial charge in [0.1, 0.15) is 5.82 Å². The van der Waals surface area contributed by atoms with E-state index in [0.29, 0.717) is 39.3 Å². The van der Waals surface area contributed by atoms with Crippen LogP contribution in [0.2, 0.25) is 0 Å². The van der Waals surface area contributed by atoms with E-state index < -0.39 is 17.8 Å². The van der Waals surface area contributed by atoms with Gasteiger partial charge in [0.15, 0.2) is 0 Å². The van der Waals surface area contributed by atoms with Crippen LogP contribution >= 0.6 is 0 Å². The summed E-state index contributed by atoms with van der Waals surface area (Å²) in [4.78, 5) is 41.1. The van der Waals surface area contributed by atoms with E-state index in [9.17, 15) is 23.9 Å². The number of aromatic amines is 1. The molecule has 2 heterocycles. The van der Waals surface area contributed by atoms with Gasteiger partial charge in [-0.05, 0) is 43.7 Å². The number of benzene rings is 1. The molecule has 1 unspecified atom stereocenters. The number of carbonyl (C=O) groups is 3. The Bertz CT molecular complexity index is 1090. The van der Waals surface area contributed by atoms with Crippen molar-refractivity contribution in [1.82, 2.24) is 15.2 Å². The SMILES string of the molecule is Cc1[nH]c(/C=C2\C(=O)Nc3ccc(F)cc32)c(C)c1C(=O)NCC(O)CC(=O)N(C)C. The van der Waals surface area contributed by atoms with Gasteiger partial charge in [0.2, 0.25) is 5.91 Å². The Balaban J connectivity index is 1.79. The van der Waals surface area contributed by atoms with Crippen molar-refractivity contribution >= 4 is 35.1 Å². The summed E-state index contributed by atoms with van der Waals surface area (Å²) in [5, 5.41) is 15.3. The highest BCUT2D eigenvalue weighted by Crippen LogP contribution is 2.34. The number of fused-ring (bicyclic) bond motifs is 1.